The number of nitrogens with zero attached hydrogens (tertiary/aromatic N) is 1. The minimum atomic E-state index is -4.33. The molecular formula is C11H11BrF3NO. The van der Waals surface area contributed by atoms with Gasteiger partial charge in [0.05, 0.1) is 17.4 Å². The van der Waals surface area contributed by atoms with E-state index in [4.69, 9.17) is 0 Å². The number of β-amino-alcohol motifs (C(OH)–C–C–N with tert-alkyl or cyclic N) is 1. The maximum atomic E-state index is 12.5. The monoisotopic (exact) mass is 309 g/mol. The van der Waals surface area contributed by atoms with Gasteiger partial charge in [0.15, 0.2) is 0 Å². The summed E-state index contributed by atoms with van der Waals surface area (Å²) in [4.78, 5) is 1.87. The van der Waals surface area contributed by atoms with Crippen LogP contribution < -0.4 is 4.90 Å². The average molecular weight is 310 g/mol. The molecule has 6 heteroatoms. The highest BCUT2D eigenvalue weighted by Gasteiger charge is 2.31. The molecular weight excluding hydrogens is 299 g/mol. The van der Waals surface area contributed by atoms with E-state index < -0.39 is 17.8 Å². The molecule has 2 rings (SSSR count). The second-order valence-corrected chi connectivity index (χ2v) is 4.91. The number of aliphatic hydroxyl groups is 1. The summed E-state index contributed by atoms with van der Waals surface area (Å²) in [5.41, 5.74) is 0.0161. The van der Waals surface area contributed by atoms with Gasteiger partial charge in [-0.25, -0.2) is 0 Å². The van der Waals surface area contributed by atoms with Crippen LogP contribution in [0.15, 0.2) is 22.7 Å². The summed E-state index contributed by atoms with van der Waals surface area (Å²) < 4.78 is 37.8. The number of hydrogen-bond acceptors (Lipinski definition) is 2. The molecule has 0 aliphatic carbocycles. The van der Waals surface area contributed by atoms with Gasteiger partial charge in [0, 0.05) is 17.6 Å². The first-order valence-corrected chi connectivity index (χ1v) is 5.97. The second-order valence-electron chi connectivity index (χ2n) is 4.05. The predicted molar refractivity (Wildman–Crippen MR) is 62.0 cm³/mol. The Morgan fingerprint density at radius 3 is 2.53 bits per heavy atom. The number of halogens is 4. The summed E-state index contributed by atoms with van der Waals surface area (Å²) in [6.45, 7) is 1.12. The van der Waals surface area contributed by atoms with Crippen LogP contribution in [0.3, 0.4) is 0 Å². The predicted octanol–water partition coefficient (Wildman–Crippen LogP) is 3.04. The zero-order chi connectivity index (χ0) is 12.6. The number of aliphatic hydroxyl groups excluding tert-OH is 1. The normalized spacial score (nSPS) is 21.0. The van der Waals surface area contributed by atoms with Crippen LogP contribution in [0.5, 0.6) is 0 Å². The third kappa shape index (κ3) is 2.74. The third-order valence-electron chi connectivity index (χ3n) is 2.78. The van der Waals surface area contributed by atoms with Crippen LogP contribution >= 0.6 is 15.9 Å². The van der Waals surface area contributed by atoms with Crippen LogP contribution in [0.2, 0.25) is 0 Å². The van der Waals surface area contributed by atoms with Gasteiger partial charge < -0.3 is 10.0 Å². The number of benzene rings is 1. The van der Waals surface area contributed by atoms with Gasteiger partial charge >= 0.3 is 6.18 Å². The molecule has 1 aliphatic rings. The number of alkyl halides is 3. The zero-order valence-electron chi connectivity index (χ0n) is 8.84. The molecule has 0 aromatic heterocycles. The van der Waals surface area contributed by atoms with E-state index in [1.165, 1.54) is 6.07 Å². The fraction of sp³-hybridized carbons (Fsp3) is 0.455. The first-order valence-electron chi connectivity index (χ1n) is 5.17. The molecule has 1 atom stereocenters. The molecule has 94 valence electrons. The Balaban J connectivity index is 2.26. The summed E-state index contributed by atoms with van der Waals surface area (Å²) >= 11 is 3.15. The van der Waals surface area contributed by atoms with Crippen molar-refractivity contribution < 1.29 is 18.3 Å². The molecule has 1 aliphatic heterocycles. The molecule has 0 spiro atoms. The molecule has 2 nitrogen and oxygen atoms in total. The van der Waals surface area contributed by atoms with Crippen molar-refractivity contribution in [2.45, 2.75) is 18.7 Å². The lowest BCUT2D eigenvalue weighted by Gasteiger charge is -2.20. The molecule has 0 bridgehead atoms. The van der Waals surface area contributed by atoms with Crippen molar-refractivity contribution in [3.63, 3.8) is 0 Å². The molecule has 0 amide bonds. The molecule has 17 heavy (non-hydrogen) atoms. The van der Waals surface area contributed by atoms with Crippen molar-refractivity contribution in [3.05, 3.63) is 28.2 Å². The summed E-state index contributed by atoms with van der Waals surface area (Å²) in [5, 5.41) is 9.40. The highest BCUT2D eigenvalue weighted by Crippen LogP contribution is 2.36. The third-order valence-corrected chi connectivity index (χ3v) is 3.41. The summed E-state index contributed by atoms with van der Waals surface area (Å²) in [6, 6.07) is 3.57. The second kappa shape index (κ2) is 4.49. The molecule has 0 radical (unpaired) electrons. The van der Waals surface area contributed by atoms with Crippen molar-refractivity contribution in [1.29, 1.82) is 0 Å². The van der Waals surface area contributed by atoms with Crippen molar-refractivity contribution in [2.75, 3.05) is 18.0 Å². The topological polar surface area (TPSA) is 23.5 Å². The molecule has 1 fully saturated rings. The van der Waals surface area contributed by atoms with Crippen LogP contribution in [-0.2, 0) is 6.18 Å². The van der Waals surface area contributed by atoms with Crippen LogP contribution in [0.1, 0.15) is 12.0 Å². The van der Waals surface area contributed by atoms with E-state index in [-0.39, 0.29) is 0 Å². The Morgan fingerprint density at radius 1 is 1.35 bits per heavy atom. The Hall–Kier alpha value is -0.750. The number of rotatable bonds is 1. The zero-order valence-corrected chi connectivity index (χ0v) is 10.4. The first-order chi connectivity index (χ1) is 7.88. The lowest BCUT2D eigenvalue weighted by atomic mass is 10.2. The molecule has 1 N–H and O–H groups in total. The largest absolute Gasteiger partial charge is 0.416 e. The van der Waals surface area contributed by atoms with Crippen LogP contribution in [0, 0.1) is 0 Å². The van der Waals surface area contributed by atoms with Crippen LogP contribution in [0.4, 0.5) is 18.9 Å². The van der Waals surface area contributed by atoms with E-state index in [0.29, 0.717) is 29.7 Å². The van der Waals surface area contributed by atoms with E-state index in [1.54, 1.807) is 0 Å². The van der Waals surface area contributed by atoms with E-state index in [2.05, 4.69) is 15.9 Å². The SMILES string of the molecule is O[C@H]1CCN(c2ccc(C(F)(F)F)cc2Br)C1. The average Bonchev–Trinajstić information content (AvgIpc) is 2.63. The standard InChI is InChI=1S/C11H11BrF3NO/c12-9-5-7(11(13,14)15)1-2-10(9)16-4-3-8(17)6-16/h1-2,5,8,17H,3-4,6H2/t8-/m0/s1. The first kappa shape index (κ1) is 12.7. The lowest BCUT2D eigenvalue weighted by molar-refractivity contribution is -0.137. The Morgan fingerprint density at radius 2 is 2.06 bits per heavy atom. The summed E-state index contributed by atoms with van der Waals surface area (Å²) in [7, 11) is 0. The Kier molecular flexibility index (Phi) is 3.36. The van der Waals surface area contributed by atoms with E-state index in [1.807, 2.05) is 4.90 Å². The molecule has 1 aromatic carbocycles. The Labute approximate surface area is 105 Å². The molecule has 1 aromatic rings. The van der Waals surface area contributed by atoms with Gasteiger partial charge in [-0.1, -0.05) is 0 Å². The van der Waals surface area contributed by atoms with E-state index in [0.717, 1.165) is 12.1 Å². The molecule has 0 saturated carbocycles. The maximum Gasteiger partial charge on any atom is 0.416 e. The highest BCUT2D eigenvalue weighted by molar-refractivity contribution is 9.10. The molecule has 1 saturated heterocycles. The minimum absolute atomic E-state index is 0.399. The fourth-order valence-electron chi connectivity index (χ4n) is 1.90. The van der Waals surface area contributed by atoms with Crippen LogP contribution in [-0.4, -0.2) is 24.3 Å². The van der Waals surface area contributed by atoms with Gasteiger partial charge in [-0.2, -0.15) is 13.2 Å². The maximum absolute atomic E-state index is 12.5. The van der Waals surface area contributed by atoms with Crippen molar-refractivity contribution in [1.82, 2.24) is 0 Å². The molecule has 0 unspecified atom stereocenters. The van der Waals surface area contributed by atoms with Crippen molar-refractivity contribution >= 4 is 21.6 Å². The van der Waals surface area contributed by atoms with E-state index in [9.17, 15) is 18.3 Å². The Bertz CT molecular complexity index is 422. The van der Waals surface area contributed by atoms with Gasteiger partial charge in [-0.15, -0.1) is 0 Å². The summed E-state index contributed by atoms with van der Waals surface area (Å²) in [6.07, 6.45) is -4.08. The van der Waals surface area contributed by atoms with Crippen molar-refractivity contribution in [2.24, 2.45) is 0 Å². The highest BCUT2D eigenvalue weighted by atomic mass is 79.9. The smallest absolute Gasteiger partial charge is 0.391 e. The van der Waals surface area contributed by atoms with Gasteiger partial charge in [-0.05, 0) is 40.5 Å². The van der Waals surface area contributed by atoms with Gasteiger partial charge in [0.1, 0.15) is 0 Å². The quantitative estimate of drug-likeness (QED) is 0.862. The number of anilines is 1. The summed E-state index contributed by atoms with van der Waals surface area (Å²) in [5.74, 6) is 0. The molecule has 1 heterocycles. The van der Waals surface area contributed by atoms with Gasteiger partial charge in [0.2, 0.25) is 0 Å². The van der Waals surface area contributed by atoms with E-state index >= 15 is 0 Å². The van der Waals surface area contributed by atoms with Crippen molar-refractivity contribution in [3.8, 4) is 0 Å². The number of hydrogen-bond donors (Lipinski definition) is 1. The van der Waals surface area contributed by atoms with Gasteiger partial charge in [-0.3, -0.25) is 0 Å². The van der Waals surface area contributed by atoms with Gasteiger partial charge in [0.25, 0.3) is 0 Å². The fourth-order valence-corrected chi connectivity index (χ4v) is 2.53. The van der Waals surface area contributed by atoms with Crippen LogP contribution in [0.25, 0.3) is 0 Å². The lowest BCUT2D eigenvalue weighted by Crippen LogP contribution is -2.21. The minimum Gasteiger partial charge on any atom is -0.391 e.